The summed E-state index contributed by atoms with van der Waals surface area (Å²) in [4.78, 5) is 23.5. The van der Waals surface area contributed by atoms with E-state index in [1.54, 1.807) is 13.1 Å². The molecule has 0 aromatic heterocycles. The maximum Gasteiger partial charge on any atom is 0.328 e. The predicted octanol–water partition coefficient (Wildman–Crippen LogP) is 1.49. The second-order valence-electron chi connectivity index (χ2n) is 4.73. The molecule has 0 aliphatic heterocycles. The predicted molar refractivity (Wildman–Crippen MR) is 78.1 cm³/mol. The summed E-state index contributed by atoms with van der Waals surface area (Å²) in [6.45, 7) is 1.03. The molecule has 1 aromatic rings. The molecule has 0 radical (unpaired) electrons. The molecule has 0 spiro atoms. The highest BCUT2D eigenvalue weighted by Gasteiger charge is 2.06. The van der Waals surface area contributed by atoms with Crippen molar-refractivity contribution in [1.29, 1.82) is 0 Å². The van der Waals surface area contributed by atoms with Crippen molar-refractivity contribution in [2.45, 2.75) is 13.0 Å². The lowest BCUT2D eigenvalue weighted by Crippen LogP contribution is -2.26. The Morgan fingerprint density at radius 3 is 2.71 bits per heavy atom. The summed E-state index contributed by atoms with van der Waals surface area (Å²) in [6, 6.07) is 4.39. The summed E-state index contributed by atoms with van der Waals surface area (Å²) < 4.78 is 13.5. The van der Waals surface area contributed by atoms with Crippen molar-refractivity contribution in [2.24, 2.45) is 0 Å². The van der Waals surface area contributed by atoms with Crippen LogP contribution in [0.3, 0.4) is 0 Å². The molecule has 0 atom stereocenters. The van der Waals surface area contributed by atoms with E-state index in [9.17, 15) is 14.0 Å². The Hall–Kier alpha value is -2.21. The quantitative estimate of drug-likeness (QED) is 0.748. The Kier molecular flexibility index (Phi) is 6.55. The highest BCUT2D eigenvalue weighted by Crippen LogP contribution is 2.13. The van der Waals surface area contributed by atoms with Crippen molar-refractivity contribution >= 4 is 18.0 Å². The zero-order valence-electron chi connectivity index (χ0n) is 12.1. The van der Waals surface area contributed by atoms with E-state index in [4.69, 9.17) is 5.11 Å². The molecule has 0 aliphatic carbocycles. The number of hydrogen-bond acceptors (Lipinski definition) is 3. The molecular weight excluding hydrogens is 275 g/mol. The van der Waals surface area contributed by atoms with E-state index in [0.717, 1.165) is 11.6 Å². The Morgan fingerprint density at radius 2 is 2.10 bits per heavy atom. The van der Waals surface area contributed by atoms with Gasteiger partial charge in [-0.3, -0.25) is 4.79 Å². The molecule has 0 bridgehead atoms. The number of amides is 1. The Morgan fingerprint density at radius 1 is 1.38 bits per heavy atom. The first-order valence-electron chi connectivity index (χ1n) is 6.50. The SMILES string of the molecule is CNC(=O)CCN(C)Cc1cc(F)cc(/C=C/C(=O)O)c1. The van der Waals surface area contributed by atoms with Gasteiger partial charge in [-0.2, -0.15) is 0 Å². The second kappa shape index (κ2) is 8.16. The van der Waals surface area contributed by atoms with E-state index in [1.165, 1.54) is 18.2 Å². The minimum absolute atomic E-state index is 0.0498. The number of nitrogens with zero attached hydrogens (tertiary/aromatic N) is 1. The van der Waals surface area contributed by atoms with Gasteiger partial charge in [0, 0.05) is 32.6 Å². The van der Waals surface area contributed by atoms with Crippen molar-refractivity contribution in [1.82, 2.24) is 10.2 Å². The standard InChI is InChI=1S/C15H19FN2O3/c1-17-14(19)5-6-18(2)10-12-7-11(3-4-15(20)21)8-13(16)9-12/h3-4,7-9H,5-6,10H2,1-2H3,(H,17,19)(H,20,21)/b4-3+. The van der Waals surface area contributed by atoms with Gasteiger partial charge in [0.15, 0.2) is 0 Å². The third-order valence-electron chi connectivity index (χ3n) is 2.85. The van der Waals surface area contributed by atoms with E-state index in [1.807, 2.05) is 11.9 Å². The van der Waals surface area contributed by atoms with Crippen LogP contribution in [0.25, 0.3) is 6.08 Å². The molecule has 0 saturated heterocycles. The van der Waals surface area contributed by atoms with E-state index in [2.05, 4.69) is 5.32 Å². The topological polar surface area (TPSA) is 69.6 Å². The molecule has 0 saturated carbocycles. The molecule has 0 aliphatic rings. The van der Waals surface area contributed by atoms with Gasteiger partial charge in [0.1, 0.15) is 5.82 Å². The fraction of sp³-hybridized carbons (Fsp3) is 0.333. The largest absolute Gasteiger partial charge is 0.478 e. The zero-order chi connectivity index (χ0) is 15.8. The molecule has 0 fully saturated rings. The summed E-state index contributed by atoms with van der Waals surface area (Å²) in [5.41, 5.74) is 1.21. The zero-order valence-corrected chi connectivity index (χ0v) is 12.1. The average molecular weight is 294 g/mol. The van der Waals surface area contributed by atoms with Crippen LogP contribution in [0.5, 0.6) is 0 Å². The number of aliphatic carboxylic acids is 1. The molecule has 0 unspecified atom stereocenters. The average Bonchev–Trinajstić information content (AvgIpc) is 2.42. The highest BCUT2D eigenvalue weighted by molar-refractivity contribution is 5.85. The molecule has 5 nitrogen and oxygen atoms in total. The van der Waals surface area contributed by atoms with Gasteiger partial charge in [-0.15, -0.1) is 0 Å². The Balaban J connectivity index is 2.70. The van der Waals surface area contributed by atoms with Crippen molar-refractivity contribution in [3.05, 3.63) is 41.2 Å². The summed E-state index contributed by atoms with van der Waals surface area (Å²) in [7, 11) is 3.41. The van der Waals surface area contributed by atoms with Crippen LogP contribution >= 0.6 is 0 Å². The smallest absolute Gasteiger partial charge is 0.328 e. The van der Waals surface area contributed by atoms with E-state index in [0.29, 0.717) is 25.1 Å². The first-order chi connectivity index (χ1) is 9.90. The van der Waals surface area contributed by atoms with Crippen molar-refractivity contribution < 1.29 is 19.1 Å². The first kappa shape index (κ1) is 16.8. The minimum Gasteiger partial charge on any atom is -0.478 e. The molecule has 114 valence electrons. The molecule has 1 amide bonds. The van der Waals surface area contributed by atoms with Crippen LogP contribution in [0.1, 0.15) is 17.5 Å². The second-order valence-corrected chi connectivity index (χ2v) is 4.73. The maximum atomic E-state index is 13.5. The number of carbonyl (C=O) groups excluding carboxylic acids is 1. The molecule has 1 rings (SSSR count). The number of carboxylic acids is 1. The van der Waals surface area contributed by atoms with E-state index >= 15 is 0 Å². The molecule has 0 heterocycles. The van der Waals surface area contributed by atoms with Gasteiger partial charge in [-0.1, -0.05) is 6.07 Å². The van der Waals surface area contributed by atoms with Gasteiger partial charge in [-0.25, -0.2) is 9.18 Å². The number of nitrogens with one attached hydrogen (secondary N) is 1. The minimum atomic E-state index is -1.08. The molecule has 21 heavy (non-hydrogen) atoms. The normalized spacial score (nSPS) is 11.0. The van der Waals surface area contributed by atoms with Crippen LogP contribution in [0.4, 0.5) is 4.39 Å². The first-order valence-corrected chi connectivity index (χ1v) is 6.50. The fourth-order valence-corrected chi connectivity index (χ4v) is 1.84. The van der Waals surface area contributed by atoms with Crippen molar-refractivity contribution in [3.8, 4) is 0 Å². The lowest BCUT2D eigenvalue weighted by atomic mass is 10.1. The number of rotatable bonds is 7. The number of carboxylic acid groups (broad SMARTS) is 1. The third kappa shape index (κ3) is 6.67. The van der Waals surface area contributed by atoms with Crippen LogP contribution in [-0.2, 0) is 16.1 Å². The molecule has 1 aromatic carbocycles. The lowest BCUT2D eigenvalue weighted by Gasteiger charge is -2.16. The molecule has 2 N–H and O–H groups in total. The van der Waals surface area contributed by atoms with Gasteiger partial charge < -0.3 is 15.3 Å². The number of hydrogen-bond donors (Lipinski definition) is 2. The maximum absolute atomic E-state index is 13.5. The van der Waals surface area contributed by atoms with Crippen LogP contribution < -0.4 is 5.32 Å². The number of carbonyl (C=O) groups is 2. The Labute approximate surface area is 123 Å². The van der Waals surface area contributed by atoms with Crippen molar-refractivity contribution in [3.63, 3.8) is 0 Å². The Bertz CT molecular complexity index is 544. The lowest BCUT2D eigenvalue weighted by molar-refractivity contribution is -0.131. The fourth-order valence-electron chi connectivity index (χ4n) is 1.84. The van der Waals surface area contributed by atoms with Gasteiger partial charge in [0.25, 0.3) is 0 Å². The van der Waals surface area contributed by atoms with Gasteiger partial charge >= 0.3 is 5.97 Å². The van der Waals surface area contributed by atoms with E-state index < -0.39 is 11.8 Å². The van der Waals surface area contributed by atoms with Crippen LogP contribution in [0, 0.1) is 5.82 Å². The van der Waals surface area contributed by atoms with Gasteiger partial charge in [0.2, 0.25) is 5.91 Å². The van der Waals surface area contributed by atoms with Gasteiger partial charge in [0.05, 0.1) is 0 Å². The molecule has 6 heteroatoms. The van der Waals surface area contributed by atoms with Crippen molar-refractivity contribution in [2.75, 3.05) is 20.6 Å². The van der Waals surface area contributed by atoms with Crippen LogP contribution in [-0.4, -0.2) is 42.5 Å². The van der Waals surface area contributed by atoms with Crippen LogP contribution in [0.15, 0.2) is 24.3 Å². The number of halogens is 1. The number of benzene rings is 1. The summed E-state index contributed by atoms with van der Waals surface area (Å²) in [5.74, 6) is -1.55. The van der Waals surface area contributed by atoms with Crippen LogP contribution in [0.2, 0.25) is 0 Å². The summed E-state index contributed by atoms with van der Waals surface area (Å²) >= 11 is 0. The summed E-state index contributed by atoms with van der Waals surface area (Å²) in [6.07, 6.45) is 2.68. The van der Waals surface area contributed by atoms with Gasteiger partial charge in [-0.05, 0) is 36.4 Å². The monoisotopic (exact) mass is 294 g/mol. The third-order valence-corrected chi connectivity index (χ3v) is 2.85. The van der Waals surface area contributed by atoms with E-state index in [-0.39, 0.29) is 5.91 Å². The molecular formula is C15H19FN2O3. The highest BCUT2D eigenvalue weighted by atomic mass is 19.1. The summed E-state index contributed by atoms with van der Waals surface area (Å²) in [5, 5.41) is 11.1.